The first-order valence-electron chi connectivity index (χ1n) is 5.40. The summed E-state index contributed by atoms with van der Waals surface area (Å²) in [6.45, 7) is 2.00. The van der Waals surface area contributed by atoms with Crippen molar-refractivity contribution >= 4 is 40.7 Å². The number of rotatable bonds is 5. The monoisotopic (exact) mass is 293 g/mol. The number of alkyl halides is 1. The maximum Gasteiger partial charge on any atom is 0.253 e. The van der Waals surface area contributed by atoms with Crippen LogP contribution in [-0.4, -0.2) is 17.8 Å². The molecule has 0 spiro atoms. The third-order valence-electron chi connectivity index (χ3n) is 2.46. The average Bonchev–Trinajstić information content (AvgIpc) is 2.28. The Morgan fingerprint density at radius 1 is 1.41 bits per heavy atom. The van der Waals surface area contributed by atoms with Gasteiger partial charge in [0.15, 0.2) is 0 Å². The van der Waals surface area contributed by atoms with Crippen LogP contribution in [0, 0.1) is 0 Å². The van der Waals surface area contributed by atoms with Crippen molar-refractivity contribution in [3.05, 3.63) is 33.8 Å². The summed E-state index contributed by atoms with van der Waals surface area (Å²) in [6.07, 6.45) is 1.58. The standard InChI is InChI=1S/C12H14Cl3NO/c1-2-9(5-6-13)16-12(17)10-4-3-8(14)7-11(10)15/h3-4,7,9H,2,5-6H2,1H3,(H,16,17). The number of nitrogens with one attached hydrogen (secondary N) is 1. The molecule has 1 aromatic rings. The lowest BCUT2D eigenvalue weighted by Gasteiger charge is -2.16. The van der Waals surface area contributed by atoms with Gasteiger partial charge in [0.25, 0.3) is 5.91 Å². The van der Waals surface area contributed by atoms with Crippen LogP contribution in [-0.2, 0) is 0 Å². The van der Waals surface area contributed by atoms with Gasteiger partial charge in [-0.05, 0) is 31.0 Å². The highest BCUT2D eigenvalue weighted by Gasteiger charge is 2.14. The van der Waals surface area contributed by atoms with Gasteiger partial charge in [-0.15, -0.1) is 11.6 Å². The quantitative estimate of drug-likeness (QED) is 0.813. The molecule has 94 valence electrons. The number of halogens is 3. The molecule has 1 aromatic carbocycles. The fourth-order valence-corrected chi connectivity index (χ4v) is 2.20. The van der Waals surface area contributed by atoms with Crippen LogP contribution in [0.3, 0.4) is 0 Å². The Morgan fingerprint density at radius 2 is 2.12 bits per heavy atom. The van der Waals surface area contributed by atoms with Crippen LogP contribution in [0.4, 0.5) is 0 Å². The molecule has 1 unspecified atom stereocenters. The number of hydrogen-bond acceptors (Lipinski definition) is 1. The first kappa shape index (κ1) is 14.6. The van der Waals surface area contributed by atoms with Crippen LogP contribution in [0.15, 0.2) is 18.2 Å². The molecular weight excluding hydrogens is 280 g/mol. The third kappa shape index (κ3) is 4.38. The number of hydrogen-bond donors (Lipinski definition) is 1. The molecule has 0 heterocycles. The molecule has 1 atom stereocenters. The number of carbonyl (C=O) groups excluding carboxylic acids is 1. The van der Waals surface area contributed by atoms with Crippen molar-refractivity contribution in [3.8, 4) is 0 Å². The summed E-state index contributed by atoms with van der Waals surface area (Å²) in [7, 11) is 0. The highest BCUT2D eigenvalue weighted by atomic mass is 35.5. The van der Waals surface area contributed by atoms with Crippen molar-refractivity contribution in [1.29, 1.82) is 0 Å². The van der Waals surface area contributed by atoms with Gasteiger partial charge in [0, 0.05) is 16.9 Å². The number of benzene rings is 1. The predicted octanol–water partition coefficient (Wildman–Crippen LogP) is 4.13. The summed E-state index contributed by atoms with van der Waals surface area (Å²) in [4.78, 5) is 11.9. The van der Waals surface area contributed by atoms with Crippen molar-refractivity contribution in [2.75, 3.05) is 5.88 Å². The third-order valence-corrected chi connectivity index (χ3v) is 3.23. The van der Waals surface area contributed by atoms with E-state index in [9.17, 15) is 4.79 Å². The highest BCUT2D eigenvalue weighted by Crippen LogP contribution is 2.21. The molecule has 17 heavy (non-hydrogen) atoms. The lowest BCUT2D eigenvalue weighted by atomic mass is 10.1. The van der Waals surface area contributed by atoms with Gasteiger partial charge in [0.2, 0.25) is 0 Å². The smallest absolute Gasteiger partial charge is 0.253 e. The Balaban J connectivity index is 2.75. The fourth-order valence-electron chi connectivity index (χ4n) is 1.45. The topological polar surface area (TPSA) is 29.1 Å². The van der Waals surface area contributed by atoms with E-state index in [4.69, 9.17) is 34.8 Å². The molecule has 0 fully saturated rings. The Morgan fingerprint density at radius 3 is 2.65 bits per heavy atom. The molecule has 5 heteroatoms. The van der Waals surface area contributed by atoms with Crippen molar-refractivity contribution in [1.82, 2.24) is 5.32 Å². The molecular formula is C12H14Cl3NO. The minimum Gasteiger partial charge on any atom is -0.349 e. The first-order valence-corrected chi connectivity index (χ1v) is 6.69. The SMILES string of the molecule is CCC(CCCl)NC(=O)c1ccc(Cl)cc1Cl. The molecule has 2 nitrogen and oxygen atoms in total. The van der Waals surface area contributed by atoms with Crippen LogP contribution in [0.5, 0.6) is 0 Å². The van der Waals surface area contributed by atoms with Crippen LogP contribution in [0.25, 0.3) is 0 Å². The van der Waals surface area contributed by atoms with Crippen molar-refractivity contribution in [2.45, 2.75) is 25.8 Å². The van der Waals surface area contributed by atoms with Gasteiger partial charge in [-0.3, -0.25) is 4.79 Å². The van der Waals surface area contributed by atoms with Gasteiger partial charge in [-0.1, -0.05) is 30.1 Å². The van der Waals surface area contributed by atoms with Crippen LogP contribution in [0.1, 0.15) is 30.1 Å². The van der Waals surface area contributed by atoms with Gasteiger partial charge in [-0.25, -0.2) is 0 Å². The summed E-state index contributed by atoms with van der Waals surface area (Å²) in [5.74, 6) is 0.330. The highest BCUT2D eigenvalue weighted by molar-refractivity contribution is 6.36. The second kappa shape index (κ2) is 7.10. The van der Waals surface area contributed by atoms with Gasteiger partial charge < -0.3 is 5.32 Å². The predicted molar refractivity (Wildman–Crippen MR) is 73.3 cm³/mol. The molecule has 0 bridgehead atoms. The van der Waals surface area contributed by atoms with Crippen LogP contribution < -0.4 is 5.32 Å². The number of carbonyl (C=O) groups is 1. The maximum atomic E-state index is 11.9. The minimum atomic E-state index is -0.191. The van der Waals surface area contributed by atoms with E-state index in [0.29, 0.717) is 21.5 Å². The van der Waals surface area contributed by atoms with E-state index >= 15 is 0 Å². The van der Waals surface area contributed by atoms with Crippen molar-refractivity contribution in [2.24, 2.45) is 0 Å². The zero-order valence-electron chi connectivity index (χ0n) is 9.47. The molecule has 1 N–H and O–H groups in total. The Kier molecular flexibility index (Phi) is 6.10. The molecule has 1 rings (SSSR count). The fraction of sp³-hybridized carbons (Fsp3) is 0.417. The summed E-state index contributed by atoms with van der Waals surface area (Å²) >= 11 is 17.4. The molecule has 0 aliphatic carbocycles. The Bertz CT molecular complexity index is 395. The largest absolute Gasteiger partial charge is 0.349 e. The van der Waals surface area contributed by atoms with Crippen molar-refractivity contribution < 1.29 is 4.79 Å². The Hall–Kier alpha value is -0.440. The van der Waals surface area contributed by atoms with Crippen molar-refractivity contribution in [3.63, 3.8) is 0 Å². The summed E-state index contributed by atoms with van der Waals surface area (Å²) in [6, 6.07) is 4.89. The molecule has 1 amide bonds. The van der Waals surface area contributed by atoms with E-state index in [-0.39, 0.29) is 11.9 Å². The number of amides is 1. The maximum absolute atomic E-state index is 11.9. The first-order chi connectivity index (χ1) is 8.08. The Labute approximate surface area is 116 Å². The van der Waals surface area contributed by atoms with Gasteiger partial charge in [0.05, 0.1) is 10.6 Å². The zero-order chi connectivity index (χ0) is 12.8. The van der Waals surface area contributed by atoms with E-state index in [2.05, 4.69) is 5.32 Å². The zero-order valence-corrected chi connectivity index (χ0v) is 11.7. The van der Waals surface area contributed by atoms with E-state index in [1.165, 1.54) is 0 Å². The lowest BCUT2D eigenvalue weighted by molar-refractivity contribution is 0.0935. The van der Waals surface area contributed by atoms with Gasteiger partial charge in [0.1, 0.15) is 0 Å². The molecule has 0 aliphatic rings. The average molecular weight is 295 g/mol. The van der Waals surface area contributed by atoms with Crippen LogP contribution in [0.2, 0.25) is 10.0 Å². The summed E-state index contributed by atoms with van der Waals surface area (Å²) in [5.41, 5.74) is 0.434. The molecule has 0 saturated carbocycles. The van der Waals surface area contributed by atoms with E-state index in [1.54, 1.807) is 18.2 Å². The summed E-state index contributed by atoms with van der Waals surface area (Å²) < 4.78 is 0. The normalized spacial score (nSPS) is 12.2. The van der Waals surface area contributed by atoms with E-state index in [1.807, 2.05) is 6.92 Å². The minimum absolute atomic E-state index is 0.0757. The lowest BCUT2D eigenvalue weighted by Crippen LogP contribution is -2.34. The van der Waals surface area contributed by atoms with E-state index in [0.717, 1.165) is 12.8 Å². The molecule has 0 saturated heterocycles. The van der Waals surface area contributed by atoms with Gasteiger partial charge >= 0.3 is 0 Å². The van der Waals surface area contributed by atoms with Gasteiger partial charge in [-0.2, -0.15) is 0 Å². The molecule has 0 aromatic heterocycles. The second-order valence-corrected chi connectivity index (χ2v) is 4.90. The second-order valence-electron chi connectivity index (χ2n) is 3.68. The molecule has 0 radical (unpaired) electrons. The van der Waals surface area contributed by atoms with Crippen LogP contribution >= 0.6 is 34.8 Å². The summed E-state index contributed by atoms with van der Waals surface area (Å²) in [5, 5.41) is 3.76. The molecule has 0 aliphatic heterocycles. The van der Waals surface area contributed by atoms with E-state index < -0.39 is 0 Å².